The second-order valence-corrected chi connectivity index (χ2v) is 4.11. The molecule has 0 spiro atoms. The van der Waals surface area contributed by atoms with E-state index in [0.717, 1.165) is 11.3 Å². The van der Waals surface area contributed by atoms with Crippen molar-refractivity contribution in [3.8, 4) is 5.13 Å². The van der Waals surface area contributed by atoms with Crippen LogP contribution < -0.4 is 0 Å². The lowest BCUT2D eigenvalue weighted by molar-refractivity contribution is -0.143. The van der Waals surface area contributed by atoms with Crippen LogP contribution in [-0.2, 0) is 6.18 Å². The van der Waals surface area contributed by atoms with Crippen LogP contribution in [0.3, 0.4) is 0 Å². The van der Waals surface area contributed by atoms with Crippen LogP contribution in [0, 0.1) is 6.92 Å². The fraction of sp³-hybridized carbons (Fsp3) is 0.286. The van der Waals surface area contributed by atoms with Crippen molar-refractivity contribution in [2.24, 2.45) is 0 Å². The predicted octanol–water partition coefficient (Wildman–Crippen LogP) is 1.26. The molecule has 2 rings (SSSR count). The van der Waals surface area contributed by atoms with E-state index in [1.165, 1.54) is 0 Å². The molecular formula is C7H4F3N5OS. The number of hydrogen-bond acceptors (Lipinski definition) is 6. The number of carbonyl (C=O) groups excluding carboxylic acids is 1. The molecule has 0 amide bonds. The maximum atomic E-state index is 12.7. The zero-order valence-corrected chi connectivity index (χ0v) is 9.08. The van der Waals surface area contributed by atoms with Crippen LogP contribution in [0.2, 0.25) is 0 Å². The smallest absolute Gasteiger partial charge is 0.296 e. The van der Waals surface area contributed by atoms with Gasteiger partial charge in [0.15, 0.2) is 17.7 Å². The number of rotatable bonds is 2. The summed E-state index contributed by atoms with van der Waals surface area (Å²) in [6.45, 7) is 1.59. The molecule has 0 saturated heterocycles. The molecule has 0 aliphatic rings. The predicted molar refractivity (Wildman–Crippen MR) is 50.0 cm³/mol. The first-order valence-electron chi connectivity index (χ1n) is 4.22. The molecule has 90 valence electrons. The molecule has 0 radical (unpaired) electrons. The highest BCUT2D eigenvalue weighted by atomic mass is 32.1. The van der Waals surface area contributed by atoms with Crippen molar-refractivity contribution in [3.63, 3.8) is 0 Å². The van der Waals surface area contributed by atoms with Gasteiger partial charge in [-0.2, -0.15) is 17.9 Å². The molecule has 17 heavy (non-hydrogen) atoms. The van der Waals surface area contributed by atoms with E-state index in [-0.39, 0.29) is 11.4 Å². The van der Waals surface area contributed by atoms with Crippen LogP contribution >= 0.6 is 11.3 Å². The Morgan fingerprint density at radius 1 is 1.29 bits per heavy atom. The van der Waals surface area contributed by atoms with E-state index in [1.807, 2.05) is 0 Å². The van der Waals surface area contributed by atoms with Gasteiger partial charge >= 0.3 is 6.18 Å². The van der Waals surface area contributed by atoms with Gasteiger partial charge in [0.05, 0.1) is 0 Å². The molecule has 0 aliphatic carbocycles. The van der Waals surface area contributed by atoms with Crippen LogP contribution in [0.4, 0.5) is 13.2 Å². The molecule has 6 nitrogen and oxygen atoms in total. The Balaban J connectivity index is 2.63. The first-order chi connectivity index (χ1) is 7.93. The van der Waals surface area contributed by atoms with Gasteiger partial charge < -0.3 is 0 Å². The number of carbonyl (C=O) groups is 1. The van der Waals surface area contributed by atoms with Gasteiger partial charge in [-0.05, 0) is 6.92 Å². The maximum Gasteiger partial charge on any atom is 0.435 e. The normalized spacial score (nSPS) is 11.8. The summed E-state index contributed by atoms with van der Waals surface area (Å²) in [5.74, 6) is 0. The minimum atomic E-state index is -4.74. The number of hydrogen-bond donors (Lipinski definition) is 0. The Morgan fingerprint density at radius 3 is 2.47 bits per heavy atom. The summed E-state index contributed by atoms with van der Waals surface area (Å²) in [6, 6.07) is 0. The fourth-order valence-corrected chi connectivity index (χ4v) is 1.79. The van der Waals surface area contributed by atoms with Crippen molar-refractivity contribution in [2.75, 3.05) is 0 Å². The van der Waals surface area contributed by atoms with Crippen LogP contribution in [0.25, 0.3) is 5.13 Å². The second-order valence-electron chi connectivity index (χ2n) is 2.95. The summed E-state index contributed by atoms with van der Waals surface area (Å²) in [5.41, 5.74) is -2.02. The van der Waals surface area contributed by atoms with E-state index in [4.69, 9.17) is 0 Å². The van der Waals surface area contributed by atoms with E-state index >= 15 is 0 Å². The van der Waals surface area contributed by atoms with E-state index in [0.29, 0.717) is 9.69 Å². The number of halogens is 3. The summed E-state index contributed by atoms with van der Waals surface area (Å²) in [5, 5.41) is 13.9. The maximum absolute atomic E-state index is 12.7. The van der Waals surface area contributed by atoms with Crippen molar-refractivity contribution in [1.82, 2.24) is 25.2 Å². The Hall–Kier alpha value is -1.84. The third kappa shape index (κ3) is 2.02. The van der Waals surface area contributed by atoms with Gasteiger partial charge in [-0.1, -0.05) is 16.6 Å². The van der Waals surface area contributed by atoms with E-state index in [2.05, 4.69) is 20.5 Å². The molecule has 0 saturated carbocycles. The molecule has 0 atom stereocenters. The lowest BCUT2D eigenvalue weighted by Crippen LogP contribution is -2.15. The zero-order valence-electron chi connectivity index (χ0n) is 8.26. The number of nitrogens with zero attached hydrogens (tertiary/aromatic N) is 5. The average molecular weight is 263 g/mol. The minimum Gasteiger partial charge on any atom is -0.296 e. The molecule has 0 aromatic carbocycles. The zero-order chi connectivity index (χ0) is 12.6. The van der Waals surface area contributed by atoms with E-state index < -0.39 is 17.6 Å². The highest BCUT2D eigenvalue weighted by molar-refractivity contribution is 7.13. The van der Waals surface area contributed by atoms with Crippen molar-refractivity contribution in [3.05, 3.63) is 16.4 Å². The number of aryl methyl sites for hydroxylation is 1. The Bertz CT molecular complexity index is 560. The quantitative estimate of drug-likeness (QED) is 0.762. The summed E-state index contributed by atoms with van der Waals surface area (Å²) >= 11 is 0.917. The summed E-state index contributed by atoms with van der Waals surface area (Å²) < 4.78 is 38.6. The molecule has 0 fully saturated rings. The Morgan fingerprint density at radius 2 is 2.00 bits per heavy atom. The molecule has 2 heterocycles. The van der Waals surface area contributed by atoms with E-state index in [1.54, 1.807) is 6.92 Å². The fourth-order valence-electron chi connectivity index (χ4n) is 1.14. The molecule has 0 N–H and O–H groups in total. The Labute approximate surface area is 96.1 Å². The second kappa shape index (κ2) is 3.87. The highest BCUT2D eigenvalue weighted by Gasteiger charge is 2.40. The van der Waals surface area contributed by atoms with Crippen LogP contribution in [0.1, 0.15) is 21.2 Å². The number of alkyl halides is 3. The monoisotopic (exact) mass is 263 g/mol. The standard InChI is InChI=1S/C7H4F3N5OS/c1-3-11-13-6(17-3)15-5(7(8,9)10)4(2-16)12-14-15/h2H,1H3. The number of aldehydes is 1. The van der Waals surface area contributed by atoms with Crippen LogP contribution in [-0.4, -0.2) is 31.5 Å². The van der Waals surface area contributed by atoms with Gasteiger partial charge in [0.2, 0.25) is 5.13 Å². The Kier molecular flexibility index (Phi) is 2.65. The van der Waals surface area contributed by atoms with Gasteiger partial charge in [0.1, 0.15) is 5.01 Å². The summed E-state index contributed by atoms with van der Waals surface area (Å²) in [6.07, 6.45) is -4.74. The molecule has 2 aromatic heterocycles. The third-order valence-corrected chi connectivity index (χ3v) is 2.59. The molecule has 10 heteroatoms. The molecule has 0 aliphatic heterocycles. The van der Waals surface area contributed by atoms with Gasteiger partial charge in [-0.3, -0.25) is 4.79 Å². The topological polar surface area (TPSA) is 73.6 Å². The number of aromatic nitrogens is 5. The third-order valence-electron chi connectivity index (χ3n) is 1.77. The minimum absolute atomic E-state index is 0.000214. The molecule has 0 bridgehead atoms. The first kappa shape index (κ1) is 11.6. The SMILES string of the molecule is Cc1nnc(-n2nnc(C=O)c2C(F)(F)F)s1. The van der Waals surface area contributed by atoms with Crippen molar-refractivity contribution >= 4 is 17.6 Å². The van der Waals surface area contributed by atoms with Gasteiger partial charge in [0.25, 0.3) is 0 Å². The lowest BCUT2D eigenvalue weighted by Gasteiger charge is -2.06. The van der Waals surface area contributed by atoms with Gasteiger partial charge in [-0.25, -0.2) is 0 Å². The van der Waals surface area contributed by atoms with Crippen molar-refractivity contribution in [1.29, 1.82) is 0 Å². The van der Waals surface area contributed by atoms with Crippen LogP contribution in [0.15, 0.2) is 0 Å². The lowest BCUT2D eigenvalue weighted by atomic mass is 10.3. The van der Waals surface area contributed by atoms with Crippen LogP contribution in [0.5, 0.6) is 0 Å². The average Bonchev–Trinajstić information content (AvgIpc) is 2.81. The summed E-state index contributed by atoms with van der Waals surface area (Å²) in [7, 11) is 0. The molecule has 2 aromatic rings. The largest absolute Gasteiger partial charge is 0.435 e. The van der Waals surface area contributed by atoms with Gasteiger partial charge in [-0.15, -0.1) is 15.3 Å². The summed E-state index contributed by atoms with van der Waals surface area (Å²) in [4.78, 5) is 10.5. The van der Waals surface area contributed by atoms with Crippen molar-refractivity contribution in [2.45, 2.75) is 13.1 Å². The van der Waals surface area contributed by atoms with Crippen molar-refractivity contribution < 1.29 is 18.0 Å². The highest BCUT2D eigenvalue weighted by Crippen LogP contribution is 2.32. The van der Waals surface area contributed by atoms with Gasteiger partial charge in [0, 0.05) is 0 Å². The van der Waals surface area contributed by atoms with E-state index in [9.17, 15) is 18.0 Å². The first-order valence-corrected chi connectivity index (χ1v) is 5.03. The molecule has 0 unspecified atom stereocenters. The molecular weight excluding hydrogens is 259 g/mol.